The Morgan fingerprint density at radius 1 is 1.11 bits per heavy atom. The van der Waals surface area contributed by atoms with Crippen LogP contribution in [-0.4, -0.2) is 42.7 Å². The summed E-state index contributed by atoms with van der Waals surface area (Å²) in [7, 11) is -0.454. The summed E-state index contributed by atoms with van der Waals surface area (Å²) < 4.78 is 28.8. The van der Waals surface area contributed by atoms with Crippen LogP contribution in [0.2, 0.25) is 5.02 Å². The lowest BCUT2D eigenvalue weighted by molar-refractivity contribution is 0.288. The molecule has 0 aliphatic carbocycles. The van der Waals surface area contributed by atoms with Crippen LogP contribution < -0.4 is 0 Å². The molecule has 0 spiro atoms. The number of halogens is 1. The van der Waals surface area contributed by atoms with E-state index in [1.165, 1.54) is 4.31 Å². The van der Waals surface area contributed by atoms with E-state index in [-0.39, 0.29) is 12.0 Å². The van der Waals surface area contributed by atoms with Crippen molar-refractivity contribution in [1.82, 2.24) is 13.6 Å². The topological polar surface area (TPSA) is 56.4 Å². The van der Waals surface area contributed by atoms with Crippen LogP contribution in [0.5, 0.6) is 0 Å². The Balaban J connectivity index is 1.98. The summed E-state index contributed by atoms with van der Waals surface area (Å²) in [4.78, 5) is 3.46. The summed E-state index contributed by atoms with van der Waals surface area (Å²) >= 11 is 6.51. The molecule has 1 aliphatic heterocycles. The number of hydrogen-bond acceptors (Lipinski definition) is 2. The molecule has 0 unspecified atom stereocenters. The first-order valence-electron chi connectivity index (χ1n) is 8.86. The number of fused-ring (bicyclic) bond motifs is 3. The highest BCUT2D eigenvalue weighted by atomic mass is 35.5. The maximum absolute atomic E-state index is 13.0. The molecule has 27 heavy (non-hydrogen) atoms. The number of nitrogens with one attached hydrogen (secondary N) is 1. The second-order valence-corrected chi connectivity index (χ2v) is 9.61. The predicted octanol–water partition coefficient (Wildman–Crippen LogP) is 4.14. The highest BCUT2D eigenvalue weighted by Gasteiger charge is 2.41. The van der Waals surface area contributed by atoms with Gasteiger partial charge in [-0.05, 0) is 30.2 Å². The van der Waals surface area contributed by atoms with Gasteiger partial charge in [0.25, 0.3) is 10.2 Å². The summed E-state index contributed by atoms with van der Waals surface area (Å²) in [6, 6.07) is 15.5. The highest BCUT2D eigenvalue weighted by Crippen LogP contribution is 2.45. The van der Waals surface area contributed by atoms with Gasteiger partial charge in [0.05, 0.1) is 6.04 Å². The maximum Gasteiger partial charge on any atom is 0.282 e. The number of hydrogen-bond donors (Lipinski definition) is 1. The van der Waals surface area contributed by atoms with Crippen LogP contribution in [0, 0.1) is 0 Å². The highest BCUT2D eigenvalue weighted by molar-refractivity contribution is 7.86. The Kier molecular flexibility index (Phi) is 4.55. The fraction of sp³-hybridized carbons (Fsp3) is 0.300. The van der Waals surface area contributed by atoms with Crippen molar-refractivity contribution in [2.45, 2.75) is 18.9 Å². The Hall–Kier alpha value is -1.86. The van der Waals surface area contributed by atoms with Crippen LogP contribution in [0.1, 0.15) is 35.7 Å². The van der Waals surface area contributed by atoms with Gasteiger partial charge >= 0.3 is 0 Å². The number of benzene rings is 2. The molecule has 0 amide bonds. The molecule has 2 aromatic carbocycles. The SMILES string of the molecule is C[C@H]1c2[nH]c3ccccc3c2[C@H](c2ccccc2Cl)CN1S(=O)(=O)N(C)C. The number of rotatable bonds is 3. The first-order chi connectivity index (χ1) is 12.8. The average molecular weight is 404 g/mol. The summed E-state index contributed by atoms with van der Waals surface area (Å²) in [5.41, 5.74) is 4.01. The fourth-order valence-electron chi connectivity index (χ4n) is 3.98. The lowest BCUT2D eigenvalue weighted by Crippen LogP contribution is -2.46. The molecule has 0 radical (unpaired) electrons. The third-order valence-electron chi connectivity index (χ3n) is 5.38. The van der Waals surface area contributed by atoms with Gasteiger partial charge in [0.1, 0.15) is 0 Å². The van der Waals surface area contributed by atoms with Gasteiger partial charge in [-0.2, -0.15) is 17.0 Å². The molecule has 0 bridgehead atoms. The van der Waals surface area contributed by atoms with Gasteiger partial charge in [-0.15, -0.1) is 0 Å². The van der Waals surface area contributed by atoms with Gasteiger partial charge in [-0.25, -0.2) is 0 Å². The second kappa shape index (κ2) is 6.63. The van der Waals surface area contributed by atoms with E-state index >= 15 is 0 Å². The molecule has 3 aromatic rings. The van der Waals surface area contributed by atoms with E-state index in [4.69, 9.17) is 11.6 Å². The lowest BCUT2D eigenvalue weighted by atomic mass is 9.85. The maximum atomic E-state index is 13.0. The Labute approximate surface area is 164 Å². The molecule has 1 N–H and O–H groups in total. The van der Waals surface area contributed by atoms with E-state index in [0.717, 1.165) is 27.7 Å². The summed E-state index contributed by atoms with van der Waals surface area (Å²) in [6.07, 6.45) is 0. The van der Waals surface area contributed by atoms with Crippen molar-refractivity contribution >= 4 is 32.7 Å². The van der Waals surface area contributed by atoms with Crippen LogP contribution in [0.15, 0.2) is 48.5 Å². The number of aromatic amines is 1. The third kappa shape index (κ3) is 2.88. The standard InChI is InChI=1S/C20H22ClN3O2S/c1-13-20-19(15-9-5-7-11-18(15)22-20)16(14-8-4-6-10-17(14)21)12-24(13)27(25,26)23(2)3/h4-11,13,16,22H,12H2,1-3H3/t13-,16-/m0/s1. The summed E-state index contributed by atoms with van der Waals surface area (Å²) in [6.45, 7) is 2.28. The molecule has 4 rings (SSSR count). The lowest BCUT2D eigenvalue weighted by Gasteiger charge is -2.38. The minimum Gasteiger partial charge on any atom is -0.357 e. The minimum absolute atomic E-state index is 0.143. The Morgan fingerprint density at radius 3 is 2.48 bits per heavy atom. The van der Waals surface area contributed by atoms with Crippen LogP contribution in [0.3, 0.4) is 0 Å². The van der Waals surface area contributed by atoms with Crippen molar-refractivity contribution in [2.24, 2.45) is 0 Å². The van der Waals surface area contributed by atoms with Crippen LogP contribution in [-0.2, 0) is 10.2 Å². The van der Waals surface area contributed by atoms with Gasteiger partial charge in [0.15, 0.2) is 0 Å². The van der Waals surface area contributed by atoms with Gasteiger partial charge in [-0.3, -0.25) is 0 Å². The largest absolute Gasteiger partial charge is 0.357 e. The van der Waals surface area contributed by atoms with Gasteiger partial charge in [0.2, 0.25) is 0 Å². The van der Waals surface area contributed by atoms with Crippen LogP contribution >= 0.6 is 11.6 Å². The molecule has 7 heteroatoms. The molecule has 0 saturated carbocycles. The minimum atomic E-state index is -3.58. The number of nitrogens with zero attached hydrogens (tertiary/aromatic N) is 2. The van der Waals surface area contributed by atoms with E-state index in [0.29, 0.717) is 11.6 Å². The first kappa shape index (κ1) is 18.5. The zero-order valence-electron chi connectivity index (χ0n) is 15.5. The molecule has 2 heterocycles. The molecule has 5 nitrogen and oxygen atoms in total. The monoisotopic (exact) mass is 403 g/mol. The van der Waals surface area contributed by atoms with Crippen molar-refractivity contribution in [3.8, 4) is 0 Å². The summed E-state index contributed by atoms with van der Waals surface area (Å²) in [5, 5.41) is 1.77. The molecule has 1 aromatic heterocycles. The number of para-hydroxylation sites is 1. The third-order valence-corrected chi connectivity index (χ3v) is 7.70. The van der Waals surface area contributed by atoms with E-state index in [2.05, 4.69) is 11.1 Å². The molecular weight excluding hydrogens is 382 g/mol. The smallest absolute Gasteiger partial charge is 0.282 e. The van der Waals surface area contributed by atoms with Gasteiger partial charge < -0.3 is 4.98 Å². The molecule has 0 saturated heterocycles. The van der Waals surface area contributed by atoms with Gasteiger partial charge in [0, 0.05) is 48.2 Å². The zero-order chi connectivity index (χ0) is 19.3. The predicted molar refractivity (Wildman–Crippen MR) is 109 cm³/mol. The van der Waals surface area contributed by atoms with Crippen molar-refractivity contribution in [3.05, 3.63) is 70.4 Å². The molecule has 142 valence electrons. The van der Waals surface area contributed by atoms with E-state index < -0.39 is 10.2 Å². The Morgan fingerprint density at radius 2 is 1.78 bits per heavy atom. The van der Waals surface area contributed by atoms with Crippen LogP contribution in [0.25, 0.3) is 10.9 Å². The van der Waals surface area contributed by atoms with Gasteiger partial charge in [-0.1, -0.05) is 48.0 Å². The van der Waals surface area contributed by atoms with Crippen molar-refractivity contribution in [1.29, 1.82) is 0 Å². The van der Waals surface area contributed by atoms with E-state index in [1.54, 1.807) is 18.4 Å². The quantitative estimate of drug-likeness (QED) is 0.714. The first-order valence-corrected chi connectivity index (χ1v) is 10.6. The van der Waals surface area contributed by atoms with Crippen molar-refractivity contribution in [2.75, 3.05) is 20.6 Å². The average Bonchev–Trinajstić information content (AvgIpc) is 3.03. The zero-order valence-corrected chi connectivity index (χ0v) is 17.1. The molecule has 2 atom stereocenters. The van der Waals surface area contributed by atoms with Crippen molar-refractivity contribution in [3.63, 3.8) is 0 Å². The van der Waals surface area contributed by atoms with Crippen molar-refractivity contribution < 1.29 is 8.42 Å². The number of H-pyrrole nitrogens is 1. The van der Waals surface area contributed by atoms with E-state index in [1.807, 2.05) is 49.4 Å². The summed E-state index contributed by atoms with van der Waals surface area (Å²) in [5.74, 6) is -0.143. The number of aromatic nitrogens is 1. The van der Waals surface area contributed by atoms with E-state index in [9.17, 15) is 8.42 Å². The molecular formula is C20H22ClN3O2S. The fourth-order valence-corrected chi connectivity index (χ4v) is 5.51. The molecule has 0 fully saturated rings. The second-order valence-electron chi connectivity index (χ2n) is 7.11. The Bertz CT molecular complexity index is 1110. The normalized spacial score (nSPS) is 20.9. The van der Waals surface area contributed by atoms with Crippen LogP contribution in [0.4, 0.5) is 0 Å². The molecule has 1 aliphatic rings.